The van der Waals surface area contributed by atoms with Gasteiger partial charge >= 0.3 is 0 Å². The number of aromatic nitrogens is 3. The van der Waals surface area contributed by atoms with Crippen LogP contribution in [0.4, 0.5) is 5.69 Å². The Labute approximate surface area is 211 Å². The standard InChI is InChI=1S/C23H17Br2ClN4O3/c1-32-21-7-5-16(12-18(21)26)30-28-19-6-4-15(11-20(19)29-30)27-22(31)8-3-13-9-14(24)10-17(25)23(13)33-2/h3-12H,1-2H3,(H,27,31)/b8-3+. The summed E-state index contributed by atoms with van der Waals surface area (Å²) in [5, 5.41) is 12.3. The van der Waals surface area contributed by atoms with Crippen LogP contribution in [-0.2, 0) is 4.79 Å². The van der Waals surface area contributed by atoms with E-state index in [1.807, 2.05) is 18.2 Å². The lowest BCUT2D eigenvalue weighted by atomic mass is 10.2. The smallest absolute Gasteiger partial charge is 0.248 e. The molecule has 1 heterocycles. The summed E-state index contributed by atoms with van der Waals surface area (Å²) in [6.07, 6.45) is 3.13. The number of halogens is 3. The topological polar surface area (TPSA) is 78.3 Å². The molecule has 7 nitrogen and oxygen atoms in total. The summed E-state index contributed by atoms with van der Waals surface area (Å²) in [6, 6.07) is 14.3. The number of hydrogen-bond donors (Lipinski definition) is 1. The van der Waals surface area contributed by atoms with Gasteiger partial charge in [0.2, 0.25) is 5.91 Å². The summed E-state index contributed by atoms with van der Waals surface area (Å²) in [7, 11) is 3.13. The summed E-state index contributed by atoms with van der Waals surface area (Å²) in [5.74, 6) is 0.920. The molecular formula is C23H17Br2ClN4O3. The molecule has 4 aromatic rings. The van der Waals surface area contributed by atoms with Gasteiger partial charge in [0.15, 0.2) is 0 Å². The Morgan fingerprint density at radius 3 is 2.55 bits per heavy atom. The monoisotopic (exact) mass is 590 g/mol. The summed E-state index contributed by atoms with van der Waals surface area (Å²) >= 11 is 13.1. The third-order valence-corrected chi connectivity index (χ3v) is 6.01. The quantitative estimate of drug-likeness (QED) is 0.267. The maximum Gasteiger partial charge on any atom is 0.248 e. The predicted molar refractivity (Wildman–Crippen MR) is 136 cm³/mol. The molecule has 0 saturated heterocycles. The van der Waals surface area contributed by atoms with Crippen molar-refractivity contribution >= 4 is 72.2 Å². The van der Waals surface area contributed by atoms with Crippen LogP contribution in [0.1, 0.15) is 5.56 Å². The van der Waals surface area contributed by atoms with Crippen molar-refractivity contribution in [3.63, 3.8) is 0 Å². The first-order chi connectivity index (χ1) is 15.9. The van der Waals surface area contributed by atoms with Crippen LogP contribution < -0.4 is 14.8 Å². The Bertz CT molecular complexity index is 1390. The first-order valence-corrected chi connectivity index (χ1v) is 11.6. The van der Waals surface area contributed by atoms with Crippen molar-refractivity contribution in [2.24, 2.45) is 0 Å². The van der Waals surface area contributed by atoms with Crippen molar-refractivity contribution in [2.75, 3.05) is 19.5 Å². The minimum atomic E-state index is -0.290. The minimum absolute atomic E-state index is 0.290. The van der Waals surface area contributed by atoms with Gasteiger partial charge in [-0.25, -0.2) is 0 Å². The third-order valence-electron chi connectivity index (χ3n) is 4.67. The molecule has 0 aliphatic carbocycles. The Hall–Kier alpha value is -2.88. The van der Waals surface area contributed by atoms with E-state index in [1.165, 1.54) is 10.9 Å². The molecule has 0 aliphatic heterocycles. The molecule has 0 unspecified atom stereocenters. The molecule has 0 bridgehead atoms. The molecule has 1 amide bonds. The van der Waals surface area contributed by atoms with E-state index in [9.17, 15) is 4.79 Å². The van der Waals surface area contributed by atoms with Crippen LogP contribution in [0, 0.1) is 0 Å². The zero-order chi connectivity index (χ0) is 23.5. The molecule has 3 aromatic carbocycles. The van der Waals surface area contributed by atoms with Crippen LogP contribution in [0.3, 0.4) is 0 Å². The summed E-state index contributed by atoms with van der Waals surface area (Å²) in [4.78, 5) is 14.0. The van der Waals surface area contributed by atoms with Gasteiger partial charge in [0.25, 0.3) is 0 Å². The van der Waals surface area contributed by atoms with E-state index in [4.69, 9.17) is 21.1 Å². The van der Waals surface area contributed by atoms with Crippen molar-refractivity contribution in [1.29, 1.82) is 0 Å². The number of anilines is 1. The molecule has 0 aliphatic rings. The highest BCUT2D eigenvalue weighted by Crippen LogP contribution is 2.33. The van der Waals surface area contributed by atoms with Crippen molar-refractivity contribution in [2.45, 2.75) is 0 Å². The van der Waals surface area contributed by atoms with E-state index in [0.717, 1.165) is 14.5 Å². The molecule has 0 radical (unpaired) electrons. The second-order valence-corrected chi connectivity index (χ2v) is 9.02. The highest BCUT2D eigenvalue weighted by atomic mass is 79.9. The van der Waals surface area contributed by atoms with Crippen LogP contribution in [0.15, 0.2) is 63.6 Å². The maximum absolute atomic E-state index is 12.5. The average Bonchev–Trinajstić information content (AvgIpc) is 3.21. The van der Waals surface area contributed by atoms with Crippen LogP contribution in [0.25, 0.3) is 22.8 Å². The van der Waals surface area contributed by atoms with Gasteiger partial charge in [-0.15, -0.1) is 10.2 Å². The van der Waals surface area contributed by atoms with Gasteiger partial charge in [-0.3, -0.25) is 4.79 Å². The second-order valence-electron chi connectivity index (χ2n) is 6.84. The first kappa shape index (κ1) is 23.3. The van der Waals surface area contributed by atoms with Gasteiger partial charge in [0.05, 0.1) is 29.4 Å². The number of nitrogens with one attached hydrogen (secondary N) is 1. The van der Waals surface area contributed by atoms with Gasteiger partial charge in [0.1, 0.15) is 22.5 Å². The molecule has 168 valence electrons. The minimum Gasteiger partial charge on any atom is -0.495 e. The molecule has 10 heteroatoms. The lowest BCUT2D eigenvalue weighted by molar-refractivity contribution is -0.111. The van der Waals surface area contributed by atoms with Crippen molar-refractivity contribution in [3.05, 3.63) is 74.1 Å². The van der Waals surface area contributed by atoms with Crippen LogP contribution in [-0.4, -0.2) is 35.1 Å². The Kier molecular flexibility index (Phi) is 7.02. The maximum atomic E-state index is 12.5. The number of ether oxygens (including phenoxy) is 2. The zero-order valence-corrected chi connectivity index (χ0v) is 21.4. The number of fused-ring (bicyclic) bond motifs is 1. The van der Waals surface area contributed by atoms with E-state index < -0.39 is 0 Å². The molecule has 0 spiro atoms. The van der Waals surface area contributed by atoms with Gasteiger partial charge in [0, 0.05) is 21.8 Å². The number of carbonyl (C=O) groups is 1. The number of benzene rings is 3. The Morgan fingerprint density at radius 1 is 1.03 bits per heavy atom. The summed E-state index contributed by atoms with van der Waals surface area (Å²) in [5.41, 5.74) is 3.35. The van der Waals surface area contributed by atoms with Gasteiger partial charge in [-0.1, -0.05) is 27.5 Å². The second kappa shape index (κ2) is 9.94. The first-order valence-electron chi connectivity index (χ1n) is 9.61. The zero-order valence-electron chi connectivity index (χ0n) is 17.5. The van der Waals surface area contributed by atoms with E-state index in [-0.39, 0.29) is 5.91 Å². The van der Waals surface area contributed by atoms with Crippen molar-refractivity contribution < 1.29 is 14.3 Å². The fraction of sp³-hybridized carbons (Fsp3) is 0.0870. The number of nitrogens with zero attached hydrogens (tertiary/aromatic N) is 3. The number of amides is 1. The molecule has 1 N–H and O–H groups in total. The molecule has 33 heavy (non-hydrogen) atoms. The predicted octanol–water partition coefficient (Wildman–Crippen LogP) is 6.27. The third kappa shape index (κ3) is 5.21. The largest absolute Gasteiger partial charge is 0.495 e. The molecular weight excluding hydrogens is 576 g/mol. The molecule has 0 atom stereocenters. The summed E-state index contributed by atoms with van der Waals surface area (Å²) < 4.78 is 12.2. The van der Waals surface area contributed by atoms with Crippen LogP contribution in [0.2, 0.25) is 5.02 Å². The van der Waals surface area contributed by atoms with Gasteiger partial charge < -0.3 is 14.8 Å². The van der Waals surface area contributed by atoms with E-state index >= 15 is 0 Å². The molecule has 1 aromatic heterocycles. The van der Waals surface area contributed by atoms with E-state index in [1.54, 1.807) is 50.6 Å². The highest BCUT2D eigenvalue weighted by molar-refractivity contribution is 9.11. The summed E-state index contributed by atoms with van der Waals surface area (Å²) in [6.45, 7) is 0. The van der Waals surface area contributed by atoms with Crippen molar-refractivity contribution in [3.8, 4) is 17.2 Å². The SMILES string of the molecule is COc1ccc(-n2nc3ccc(NC(=O)/C=C/c4cc(Br)cc(Br)c4OC)cc3n2)cc1Cl. The van der Waals surface area contributed by atoms with Crippen LogP contribution >= 0.6 is 43.5 Å². The number of carbonyl (C=O) groups excluding carboxylic acids is 1. The van der Waals surface area contributed by atoms with Crippen molar-refractivity contribution in [1.82, 2.24) is 15.0 Å². The molecule has 0 saturated carbocycles. The normalized spacial score (nSPS) is 11.2. The van der Waals surface area contributed by atoms with Gasteiger partial charge in [-0.2, -0.15) is 4.80 Å². The Morgan fingerprint density at radius 2 is 1.82 bits per heavy atom. The van der Waals surface area contributed by atoms with Gasteiger partial charge in [-0.05, 0) is 70.5 Å². The highest BCUT2D eigenvalue weighted by Gasteiger charge is 2.10. The fourth-order valence-electron chi connectivity index (χ4n) is 3.16. The molecule has 0 fully saturated rings. The number of methoxy groups -OCH3 is 2. The lowest BCUT2D eigenvalue weighted by Gasteiger charge is -2.08. The lowest BCUT2D eigenvalue weighted by Crippen LogP contribution is -2.07. The van der Waals surface area contributed by atoms with E-state index in [2.05, 4.69) is 47.4 Å². The number of hydrogen-bond acceptors (Lipinski definition) is 5. The van der Waals surface area contributed by atoms with E-state index in [0.29, 0.717) is 38.9 Å². The number of rotatable bonds is 6. The Balaban J connectivity index is 1.53. The molecule has 4 rings (SSSR count). The van der Waals surface area contributed by atoms with Crippen LogP contribution in [0.5, 0.6) is 11.5 Å². The average molecular weight is 593 g/mol. The fourth-order valence-corrected chi connectivity index (χ4v) is 4.83.